The first-order chi connectivity index (χ1) is 14.4. The number of aryl methyl sites for hydroxylation is 1. The quantitative estimate of drug-likeness (QED) is 0.583. The van der Waals surface area contributed by atoms with Crippen LogP contribution in [0.4, 0.5) is 5.69 Å². The predicted molar refractivity (Wildman–Crippen MR) is 119 cm³/mol. The minimum Gasteiger partial charge on any atom is -0.356 e. The molecule has 3 aromatic rings. The van der Waals surface area contributed by atoms with Gasteiger partial charge in [0.2, 0.25) is 10.0 Å². The number of thioether (sulfide) groups is 1. The molecule has 0 radical (unpaired) electrons. The van der Waals surface area contributed by atoms with Crippen LogP contribution >= 0.6 is 23.5 Å². The number of H-pyrrole nitrogens is 1. The Morgan fingerprint density at radius 2 is 1.97 bits per heavy atom. The third-order valence-electron chi connectivity index (χ3n) is 4.61. The Balaban J connectivity index is 1.41. The molecule has 1 amide bonds. The second kappa shape index (κ2) is 8.88. The molecule has 0 atom stereocenters. The van der Waals surface area contributed by atoms with Gasteiger partial charge in [-0.3, -0.25) is 4.79 Å². The number of aromatic nitrogens is 3. The van der Waals surface area contributed by atoms with Crippen LogP contribution in [0.25, 0.3) is 0 Å². The molecule has 2 aromatic heterocycles. The van der Waals surface area contributed by atoms with Crippen molar-refractivity contribution in [1.29, 1.82) is 0 Å². The molecule has 1 aromatic carbocycles. The Morgan fingerprint density at radius 3 is 2.63 bits per heavy atom. The Hall–Kier alpha value is -2.21. The third-order valence-corrected chi connectivity index (χ3v) is 8.51. The van der Waals surface area contributed by atoms with Crippen LogP contribution in [0.15, 0.2) is 63.9 Å². The maximum Gasteiger partial charge on any atom is 0.272 e. The van der Waals surface area contributed by atoms with Crippen molar-refractivity contribution in [3.63, 3.8) is 0 Å². The summed E-state index contributed by atoms with van der Waals surface area (Å²) in [5, 5.41) is 3.66. The van der Waals surface area contributed by atoms with Gasteiger partial charge in [0.15, 0.2) is 5.16 Å². The fraction of sp³-hybridized carbons (Fsp3) is 0.263. The summed E-state index contributed by atoms with van der Waals surface area (Å²) in [4.78, 5) is 20.7. The van der Waals surface area contributed by atoms with Gasteiger partial charge in [0.05, 0.1) is 0 Å². The smallest absolute Gasteiger partial charge is 0.272 e. The highest BCUT2D eigenvalue weighted by atomic mass is 32.2. The van der Waals surface area contributed by atoms with Crippen molar-refractivity contribution in [2.75, 3.05) is 29.9 Å². The molecule has 4 rings (SSSR count). The predicted octanol–water partition coefficient (Wildman–Crippen LogP) is 2.89. The van der Waals surface area contributed by atoms with Crippen LogP contribution in [0.2, 0.25) is 0 Å². The molecule has 1 fully saturated rings. The van der Waals surface area contributed by atoms with E-state index in [9.17, 15) is 13.2 Å². The van der Waals surface area contributed by atoms with E-state index < -0.39 is 15.9 Å². The van der Waals surface area contributed by atoms with E-state index in [1.807, 2.05) is 29.9 Å². The lowest BCUT2D eigenvalue weighted by molar-refractivity contribution is 0.102. The van der Waals surface area contributed by atoms with E-state index in [0.29, 0.717) is 18.8 Å². The van der Waals surface area contributed by atoms with Crippen LogP contribution < -0.4 is 5.32 Å². The van der Waals surface area contributed by atoms with Gasteiger partial charge in [-0.05, 0) is 30.3 Å². The monoisotopic (exact) mass is 463 g/mol. The summed E-state index contributed by atoms with van der Waals surface area (Å²) in [6, 6.07) is 8.78. The van der Waals surface area contributed by atoms with Gasteiger partial charge in [0.1, 0.15) is 10.6 Å². The zero-order valence-electron chi connectivity index (χ0n) is 16.2. The van der Waals surface area contributed by atoms with Crippen molar-refractivity contribution in [1.82, 2.24) is 18.8 Å². The van der Waals surface area contributed by atoms with E-state index >= 15 is 0 Å². The molecule has 30 heavy (non-hydrogen) atoms. The van der Waals surface area contributed by atoms with E-state index in [1.165, 1.54) is 28.3 Å². The van der Waals surface area contributed by atoms with Crippen LogP contribution in [-0.2, 0) is 17.1 Å². The number of nitrogens with one attached hydrogen (secondary N) is 2. The van der Waals surface area contributed by atoms with E-state index in [1.54, 1.807) is 30.1 Å². The topological polar surface area (TPSA) is 100 Å². The van der Waals surface area contributed by atoms with Gasteiger partial charge in [0.25, 0.3) is 5.91 Å². The first-order valence-electron chi connectivity index (χ1n) is 9.26. The Morgan fingerprint density at radius 1 is 1.23 bits per heavy atom. The molecule has 0 aliphatic carbocycles. The fourth-order valence-electron chi connectivity index (χ4n) is 2.95. The molecule has 158 valence electrons. The van der Waals surface area contributed by atoms with Crippen LogP contribution in [-0.4, -0.2) is 57.8 Å². The lowest BCUT2D eigenvalue weighted by atomic mass is 10.3. The molecule has 11 heteroatoms. The normalized spacial score (nSPS) is 15.2. The minimum absolute atomic E-state index is 0.112. The molecule has 1 aliphatic rings. The van der Waals surface area contributed by atoms with Gasteiger partial charge in [0, 0.05) is 60.8 Å². The van der Waals surface area contributed by atoms with Crippen LogP contribution in [0, 0.1) is 0 Å². The van der Waals surface area contributed by atoms with Crippen molar-refractivity contribution in [3.8, 4) is 0 Å². The number of amides is 1. The molecule has 1 aliphatic heterocycles. The molecular weight excluding hydrogens is 442 g/mol. The molecule has 1 saturated heterocycles. The number of sulfonamides is 1. The fourth-order valence-corrected chi connectivity index (χ4v) is 6.32. The van der Waals surface area contributed by atoms with E-state index in [-0.39, 0.29) is 10.6 Å². The maximum absolute atomic E-state index is 12.7. The van der Waals surface area contributed by atoms with Crippen molar-refractivity contribution >= 4 is 45.1 Å². The number of carbonyl (C=O) groups excluding carboxylic acids is 1. The van der Waals surface area contributed by atoms with Gasteiger partial charge in [-0.15, -0.1) is 0 Å². The first-order valence-corrected chi connectivity index (χ1v) is 12.7. The lowest BCUT2D eigenvalue weighted by Crippen LogP contribution is -2.37. The minimum atomic E-state index is -3.58. The van der Waals surface area contributed by atoms with E-state index in [4.69, 9.17) is 0 Å². The molecular formula is C19H21N5O3S3. The number of nitrogens with zero attached hydrogens (tertiary/aromatic N) is 3. The Labute approximate surface area is 183 Å². The average molecular weight is 464 g/mol. The van der Waals surface area contributed by atoms with Gasteiger partial charge in [-0.25, -0.2) is 13.4 Å². The van der Waals surface area contributed by atoms with E-state index in [0.717, 1.165) is 21.6 Å². The highest BCUT2D eigenvalue weighted by Gasteiger charge is 2.27. The van der Waals surface area contributed by atoms with Crippen LogP contribution in [0.3, 0.4) is 0 Å². The average Bonchev–Trinajstić information content (AvgIpc) is 3.40. The van der Waals surface area contributed by atoms with E-state index in [2.05, 4.69) is 15.3 Å². The van der Waals surface area contributed by atoms with Gasteiger partial charge < -0.3 is 14.9 Å². The number of hydrogen-bond acceptors (Lipinski definition) is 6. The van der Waals surface area contributed by atoms with Gasteiger partial charge >= 0.3 is 0 Å². The zero-order chi connectivity index (χ0) is 21.1. The molecule has 0 spiro atoms. The zero-order valence-corrected chi connectivity index (χ0v) is 18.7. The summed E-state index contributed by atoms with van der Waals surface area (Å²) < 4.78 is 28.9. The molecule has 8 nitrogen and oxygen atoms in total. The largest absolute Gasteiger partial charge is 0.356 e. The van der Waals surface area contributed by atoms with Gasteiger partial charge in [-0.1, -0.05) is 11.8 Å². The van der Waals surface area contributed by atoms with Crippen molar-refractivity contribution in [2.24, 2.45) is 7.05 Å². The Kier molecular flexibility index (Phi) is 6.23. The second-order valence-corrected chi connectivity index (χ2v) is 10.9. The number of imidazole rings is 1. The highest BCUT2D eigenvalue weighted by molar-refractivity contribution is 7.99. The molecule has 0 bridgehead atoms. The summed E-state index contributed by atoms with van der Waals surface area (Å²) >= 11 is 3.26. The molecule has 0 unspecified atom stereocenters. The summed E-state index contributed by atoms with van der Waals surface area (Å²) in [5.74, 6) is 1.17. The van der Waals surface area contributed by atoms with Gasteiger partial charge in [-0.2, -0.15) is 16.1 Å². The lowest BCUT2D eigenvalue weighted by Gasteiger charge is -2.24. The highest BCUT2D eigenvalue weighted by Crippen LogP contribution is 2.27. The van der Waals surface area contributed by atoms with Crippen LogP contribution in [0.1, 0.15) is 10.5 Å². The van der Waals surface area contributed by atoms with Crippen molar-refractivity contribution in [3.05, 3.63) is 54.6 Å². The van der Waals surface area contributed by atoms with Crippen molar-refractivity contribution < 1.29 is 13.2 Å². The maximum atomic E-state index is 12.7. The molecule has 2 N–H and O–H groups in total. The summed E-state index contributed by atoms with van der Waals surface area (Å²) in [5.41, 5.74) is 0.822. The standard InChI is InChI=1S/C19H21N5O3S3/c1-23-7-6-20-19(23)29-15-4-2-14(3-5-15)22-18(25)17-12-16(13-21-17)30(26,27)24-8-10-28-11-9-24/h2-7,12-13,21H,8-11H2,1H3,(H,22,25). The summed E-state index contributed by atoms with van der Waals surface area (Å²) in [6.45, 7) is 0.977. The Bertz CT molecular complexity index is 1130. The molecule has 0 saturated carbocycles. The SMILES string of the molecule is Cn1ccnc1Sc1ccc(NC(=O)c2cc(S(=O)(=O)N3CCSCC3)c[nH]2)cc1. The van der Waals surface area contributed by atoms with Crippen LogP contribution in [0.5, 0.6) is 0 Å². The number of carbonyl (C=O) groups is 1. The summed E-state index contributed by atoms with van der Waals surface area (Å²) in [6.07, 6.45) is 5.00. The molecule has 3 heterocycles. The number of anilines is 1. The second-order valence-electron chi connectivity index (χ2n) is 6.67. The number of hydrogen-bond donors (Lipinski definition) is 2. The summed E-state index contributed by atoms with van der Waals surface area (Å²) in [7, 11) is -1.65. The third kappa shape index (κ3) is 4.59. The first kappa shape index (κ1) is 21.0. The number of rotatable bonds is 6. The number of benzene rings is 1. The number of aromatic amines is 1. The van der Waals surface area contributed by atoms with Crippen molar-refractivity contribution in [2.45, 2.75) is 14.9 Å².